The number of ether oxygens (including phenoxy) is 4. The molecule has 8 nitrogen and oxygen atoms in total. The molecule has 2 heterocycles. The fraction of sp³-hybridized carbons (Fsp3) is 0.207. The SMILES string of the molecule is COc1cc(/C=C2\SC(=S)N(Cc3ccc4c(c3)OCO4)C2=O)ccc1OCC(=O)Nc1cc(C)ccc1C. The molecule has 0 aromatic heterocycles. The zero-order chi connectivity index (χ0) is 27.5. The van der Waals surface area contributed by atoms with Gasteiger partial charge in [0.1, 0.15) is 4.32 Å². The lowest BCUT2D eigenvalue weighted by Crippen LogP contribution is -2.27. The van der Waals surface area contributed by atoms with Crippen molar-refractivity contribution in [2.75, 3.05) is 25.8 Å². The number of amides is 2. The molecule has 3 aromatic rings. The third-order valence-corrected chi connectivity index (χ3v) is 7.54. The number of carbonyl (C=O) groups excluding carboxylic acids is 2. The Morgan fingerprint density at radius 1 is 1.08 bits per heavy atom. The molecule has 0 radical (unpaired) electrons. The highest BCUT2D eigenvalue weighted by Gasteiger charge is 2.32. The number of benzene rings is 3. The molecule has 2 aliphatic rings. The minimum atomic E-state index is -0.277. The number of fused-ring (bicyclic) bond motifs is 1. The van der Waals surface area contributed by atoms with Crippen LogP contribution in [0.3, 0.4) is 0 Å². The van der Waals surface area contributed by atoms with Gasteiger partial charge in [-0.1, -0.05) is 48.2 Å². The maximum atomic E-state index is 13.1. The predicted octanol–water partition coefficient (Wildman–Crippen LogP) is 5.46. The summed E-state index contributed by atoms with van der Waals surface area (Å²) in [5, 5.41) is 2.88. The molecule has 39 heavy (non-hydrogen) atoms. The number of thiocarbonyl (C=S) groups is 1. The number of carbonyl (C=O) groups is 2. The highest BCUT2D eigenvalue weighted by molar-refractivity contribution is 8.26. The van der Waals surface area contributed by atoms with E-state index in [-0.39, 0.29) is 25.2 Å². The van der Waals surface area contributed by atoms with Gasteiger partial charge in [0.05, 0.1) is 18.6 Å². The summed E-state index contributed by atoms with van der Waals surface area (Å²) >= 11 is 6.73. The van der Waals surface area contributed by atoms with Gasteiger partial charge in [0.15, 0.2) is 29.6 Å². The standard InChI is InChI=1S/C29H26N2O6S2/c1-17-4-5-18(2)21(10-17)30-27(32)15-35-22-8-6-19(11-24(22)34-3)13-26-28(33)31(29(38)39-26)14-20-7-9-23-25(12-20)37-16-36-23/h4-13H,14-16H2,1-3H3,(H,30,32)/b26-13-. The second-order valence-electron chi connectivity index (χ2n) is 9.02. The molecule has 3 aromatic carbocycles. The van der Waals surface area contributed by atoms with Crippen molar-refractivity contribution in [2.24, 2.45) is 0 Å². The van der Waals surface area contributed by atoms with Gasteiger partial charge < -0.3 is 24.3 Å². The van der Waals surface area contributed by atoms with Crippen molar-refractivity contribution < 1.29 is 28.5 Å². The van der Waals surface area contributed by atoms with Gasteiger partial charge in [0, 0.05) is 5.69 Å². The summed E-state index contributed by atoms with van der Waals surface area (Å²) in [7, 11) is 1.52. The molecule has 0 unspecified atom stereocenters. The quantitative estimate of drug-likeness (QED) is 0.286. The minimum Gasteiger partial charge on any atom is -0.493 e. The largest absolute Gasteiger partial charge is 0.493 e. The van der Waals surface area contributed by atoms with Gasteiger partial charge in [-0.05, 0) is 72.5 Å². The lowest BCUT2D eigenvalue weighted by molar-refractivity contribution is -0.122. The van der Waals surface area contributed by atoms with Crippen LogP contribution >= 0.6 is 24.0 Å². The Hall–Kier alpha value is -4.02. The van der Waals surface area contributed by atoms with Crippen molar-refractivity contribution in [1.82, 2.24) is 4.90 Å². The molecule has 2 amide bonds. The topological polar surface area (TPSA) is 86.3 Å². The fourth-order valence-corrected chi connectivity index (χ4v) is 5.36. The molecule has 0 saturated carbocycles. The number of nitrogens with zero attached hydrogens (tertiary/aromatic N) is 1. The number of thioether (sulfide) groups is 1. The Kier molecular flexibility index (Phi) is 7.76. The van der Waals surface area contributed by atoms with Crippen LogP contribution in [0.15, 0.2) is 59.5 Å². The van der Waals surface area contributed by atoms with Gasteiger partial charge in [-0.3, -0.25) is 14.5 Å². The first-order valence-corrected chi connectivity index (χ1v) is 13.3. The normalized spacial score (nSPS) is 15.2. The van der Waals surface area contributed by atoms with Crippen molar-refractivity contribution >= 4 is 51.9 Å². The first-order valence-electron chi connectivity index (χ1n) is 12.1. The number of nitrogens with one attached hydrogen (secondary N) is 1. The summed E-state index contributed by atoms with van der Waals surface area (Å²) in [5.74, 6) is 1.75. The van der Waals surface area contributed by atoms with Crippen LogP contribution in [-0.2, 0) is 16.1 Å². The summed E-state index contributed by atoms with van der Waals surface area (Å²) in [4.78, 5) is 27.7. The maximum Gasteiger partial charge on any atom is 0.266 e. The summed E-state index contributed by atoms with van der Waals surface area (Å²) in [6.07, 6.45) is 1.76. The molecule has 1 fully saturated rings. The third-order valence-electron chi connectivity index (χ3n) is 6.16. The highest BCUT2D eigenvalue weighted by Crippen LogP contribution is 2.37. The lowest BCUT2D eigenvalue weighted by atomic mass is 10.1. The summed E-state index contributed by atoms with van der Waals surface area (Å²) in [6, 6.07) is 16.7. The zero-order valence-corrected chi connectivity index (χ0v) is 23.2. The fourth-order valence-electron chi connectivity index (χ4n) is 4.10. The van der Waals surface area contributed by atoms with Gasteiger partial charge in [-0.25, -0.2) is 0 Å². The van der Waals surface area contributed by atoms with E-state index in [0.29, 0.717) is 38.8 Å². The van der Waals surface area contributed by atoms with Crippen LogP contribution in [0.2, 0.25) is 0 Å². The van der Waals surface area contributed by atoms with Gasteiger partial charge in [-0.15, -0.1) is 0 Å². The molecule has 0 atom stereocenters. The Morgan fingerprint density at radius 2 is 1.90 bits per heavy atom. The van der Waals surface area contributed by atoms with Crippen molar-refractivity contribution in [3.8, 4) is 23.0 Å². The van der Waals surface area contributed by atoms with Gasteiger partial charge in [0.25, 0.3) is 11.8 Å². The number of methoxy groups -OCH3 is 1. The van der Waals surface area contributed by atoms with Crippen LogP contribution in [0, 0.1) is 13.8 Å². The van der Waals surface area contributed by atoms with E-state index in [0.717, 1.165) is 27.9 Å². The van der Waals surface area contributed by atoms with E-state index < -0.39 is 0 Å². The molecule has 1 N–H and O–H groups in total. The smallest absolute Gasteiger partial charge is 0.266 e. The van der Waals surface area contributed by atoms with Crippen LogP contribution in [-0.4, -0.2) is 41.5 Å². The molecular formula is C29H26N2O6S2. The van der Waals surface area contributed by atoms with Crippen molar-refractivity contribution in [1.29, 1.82) is 0 Å². The van der Waals surface area contributed by atoms with Crippen molar-refractivity contribution in [2.45, 2.75) is 20.4 Å². The van der Waals surface area contributed by atoms with Gasteiger partial charge in [-0.2, -0.15) is 0 Å². The van der Waals surface area contributed by atoms with E-state index in [2.05, 4.69) is 5.32 Å². The number of anilines is 1. The summed E-state index contributed by atoms with van der Waals surface area (Å²) in [6.45, 7) is 4.24. The average molecular weight is 563 g/mol. The first-order chi connectivity index (χ1) is 18.8. The Morgan fingerprint density at radius 3 is 2.72 bits per heavy atom. The summed E-state index contributed by atoms with van der Waals surface area (Å²) < 4.78 is 22.5. The van der Waals surface area contributed by atoms with Crippen LogP contribution in [0.5, 0.6) is 23.0 Å². The monoisotopic (exact) mass is 562 g/mol. The molecule has 2 aliphatic heterocycles. The summed E-state index contributed by atoms with van der Waals surface area (Å²) in [5.41, 5.74) is 4.40. The van der Waals surface area contributed by atoms with Crippen LogP contribution in [0.4, 0.5) is 5.69 Å². The van der Waals surface area contributed by atoms with Gasteiger partial charge >= 0.3 is 0 Å². The Balaban J connectivity index is 1.24. The molecule has 10 heteroatoms. The molecule has 0 aliphatic carbocycles. The molecule has 200 valence electrons. The van der Waals surface area contributed by atoms with Crippen molar-refractivity contribution in [3.63, 3.8) is 0 Å². The highest BCUT2D eigenvalue weighted by atomic mass is 32.2. The number of aryl methyl sites for hydroxylation is 2. The molecule has 0 spiro atoms. The van der Waals surface area contributed by atoms with Crippen LogP contribution in [0.1, 0.15) is 22.3 Å². The maximum absolute atomic E-state index is 13.1. The van der Waals surface area contributed by atoms with E-state index in [1.807, 2.05) is 50.2 Å². The average Bonchev–Trinajstić information content (AvgIpc) is 3.49. The predicted molar refractivity (Wildman–Crippen MR) is 154 cm³/mol. The number of hydrogen-bond acceptors (Lipinski definition) is 8. The molecule has 5 rings (SSSR count). The van der Waals surface area contributed by atoms with E-state index in [1.165, 1.54) is 18.9 Å². The van der Waals surface area contributed by atoms with Gasteiger partial charge in [0.2, 0.25) is 6.79 Å². The van der Waals surface area contributed by atoms with Crippen molar-refractivity contribution in [3.05, 3.63) is 81.8 Å². The minimum absolute atomic E-state index is 0.176. The van der Waals surface area contributed by atoms with Crippen LogP contribution in [0.25, 0.3) is 6.08 Å². The first kappa shape index (κ1) is 26.6. The second kappa shape index (κ2) is 11.4. The van der Waals surface area contributed by atoms with Crippen LogP contribution < -0.4 is 24.3 Å². The Bertz CT molecular complexity index is 1500. The van der Waals surface area contributed by atoms with E-state index in [4.69, 9.17) is 31.2 Å². The molecule has 1 saturated heterocycles. The number of hydrogen-bond donors (Lipinski definition) is 1. The van der Waals surface area contributed by atoms with E-state index >= 15 is 0 Å². The van der Waals surface area contributed by atoms with E-state index in [1.54, 1.807) is 29.2 Å². The molecular weight excluding hydrogens is 536 g/mol. The zero-order valence-electron chi connectivity index (χ0n) is 21.6. The lowest BCUT2D eigenvalue weighted by Gasteiger charge is -2.14. The number of rotatable bonds is 8. The van der Waals surface area contributed by atoms with E-state index in [9.17, 15) is 9.59 Å². The third kappa shape index (κ3) is 6.02. The Labute approximate surface area is 235 Å². The molecule has 0 bridgehead atoms. The second-order valence-corrected chi connectivity index (χ2v) is 10.7.